The van der Waals surface area contributed by atoms with Crippen LogP contribution >= 0.6 is 11.3 Å². The van der Waals surface area contributed by atoms with Crippen molar-refractivity contribution in [2.45, 2.75) is 40.7 Å². The van der Waals surface area contributed by atoms with E-state index in [-0.39, 0.29) is 0 Å². The van der Waals surface area contributed by atoms with Crippen LogP contribution < -0.4 is 5.32 Å². The van der Waals surface area contributed by atoms with Crippen LogP contribution in [0.25, 0.3) is 10.6 Å². The Kier molecular flexibility index (Phi) is 4.07. The van der Waals surface area contributed by atoms with Crippen LogP contribution in [0.1, 0.15) is 40.2 Å². The van der Waals surface area contributed by atoms with E-state index in [1.165, 1.54) is 27.1 Å². The third-order valence-corrected chi connectivity index (χ3v) is 4.91. The largest absolute Gasteiger partial charge is 0.312 e. The molecule has 1 heterocycles. The molecule has 3 heteroatoms. The molecule has 1 aromatic carbocycles. The van der Waals surface area contributed by atoms with Crippen molar-refractivity contribution >= 4 is 11.3 Å². The summed E-state index contributed by atoms with van der Waals surface area (Å²) in [5, 5.41) is 4.44. The van der Waals surface area contributed by atoms with E-state index >= 15 is 0 Å². The molecule has 2 rings (SSSR count). The van der Waals surface area contributed by atoms with Gasteiger partial charge in [0, 0.05) is 16.5 Å². The van der Waals surface area contributed by atoms with Gasteiger partial charge in [-0.2, -0.15) is 0 Å². The Morgan fingerprint density at radius 3 is 2.21 bits per heavy atom. The molecule has 0 radical (unpaired) electrons. The van der Waals surface area contributed by atoms with Gasteiger partial charge in [-0.15, -0.1) is 11.3 Å². The van der Waals surface area contributed by atoms with Crippen molar-refractivity contribution in [1.82, 2.24) is 10.3 Å². The highest BCUT2D eigenvalue weighted by Crippen LogP contribution is 2.35. The van der Waals surface area contributed by atoms with Gasteiger partial charge in [-0.05, 0) is 52.8 Å². The molecule has 1 N–H and O–H groups in total. The first-order valence-corrected chi connectivity index (χ1v) is 7.48. The van der Waals surface area contributed by atoms with Gasteiger partial charge in [0.05, 0.1) is 5.69 Å². The standard InChI is InChI=1S/C16H22N2S/c1-9-7-10(2)14(11(3)8-9)16-18-13(5)15(19-16)12(4)17-6/h7-8,12,17H,1-6H3. The predicted octanol–water partition coefficient (Wildman–Crippen LogP) is 4.32. The predicted molar refractivity (Wildman–Crippen MR) is 84.0 cm³/mol. The second-order valence-corrected chi connectivity index (χ2v) is 6.28. The molecule has 2 aromatic rings. The minimum absolute atomic E-state index is 0.359. The highest BCUT2D eigenvalue weighted by Gasteiger charge is 2.16. The van der Waals surface area contributed by atoms with E-state index in [2.05, 4.69) is 52.1 Å². The maximum atomic E-state index is 4.78. The van der Waals surface area contributed by atoms with Crippen molar-refractivity contribution in [3.8, 4) is 10.6 Å². The van der Waals surface area contributed by atoms with E-state index in [1.807, 2.05) is 7.05 Å². The zero-order valence-corrected chi connectivity index (χ0v) is 13.4. The van der Waals surface area contributed by atoms with Crippen LogP contribution in [0.15, 0.2) is 12.1 Å². The van der Waals surface area contributed by atoms with Crippen molar-refractivity contribution in [1.29, 1.82) is 0 Å². The Labute approximate surface area is 119 Å². The van der Waals surface area contributed by atoms with Crippen LogP contribution in [-0.4, -0.2) is 12.0 Å². The first kappa shape index (κ1) is 14.2. The van der Waals surface area contributed by atoms with Gasteiger partial charge in [-0.1, -0.05) is 17.7 Å². The zero-order valence-electron chi connectivity index (χ0n) is 12.6. The second kappa shape index (κ2) is 5.43. The third-order valence-electron chi connectivity index (χ3n) is 3.55. The van der Waals surface area contributed by atoms with Crippen molar-refractivity contribution in [2.75, 3.05) is 7.05 Å². The Morgan fingerprint density at radius 2 is 1.68 bits per heavy atom. The lowest BCUT2D eigenvalue weighted by molar-refractivity contribution is 0.658. The van der Waals surface area contributed by atoms with Crippen LogP contribution in [0.2, 0.25) is 0 Å². The van der Waals surface area contributed by atoms with Gasteiger partial charge in [-0.25, -0.2) is 4.98 Å². The second-order valence-electron chi connectivity index (χ2n) is 5.25. The lowest BCUT2D eigenvalue weighted by Gasteiger charge is -2.09. The van der Waals surface area contributed by atoms with Crippen LogP contribution in [0.4, 0.5) is 0 Å². The van der Waals surface area contributed by atoms with Gasteiger partial charge in [0.1, 0.15) is 5.01 Å². The molecule has 1 aromatic heterocycles. The summed E-state index contributed by atoms with van der Waals surface area (Å²) < 4.78 is 0. The topological polar surface area (TPSA) is 24.9 Å². The van der Waals surface area contributed by atoms with E-state index in [0.29, 0.717) is 6.04 Å². The van der Waals surface area contributed by atoms with E-state index in [0.717, 1.165) is 10.7 Å². The summed E-state index contributed by atoms with van der Waals surface area (Å²) in [5.41, 5.74) is 6.38. The summed E-state index contributed by atoms with van der Waals surface area (Å²) in [7, 11) is 1.99. The van der Waals surface area contributed by atoms with Crippen LogP contribution in [0.5, 0.6) is 0 Å². The first-order chi connectivity index (χ1) is 8.93. The average molecular weight is 274 g/mol. The lowest BCUT2D eigenvalue weighted by atomic mass is 10.0. The van der Waals surface area contributed by atoms with Crippen LogP contribution in [-0.2, 0) is 0 Å². The highest BCUT2D eigenvalue weighted by atomic mass is 32.1. The molecular formula is C16H22N2S. The molecule has 0 saturated heterocycles. The monoisotopic (exact) mass is 274 g/mol. The fourth-order valence-corrected chi connectivity index (χ4v) is 3.87. The molecule has 0 spiro atoms. The fourth-order valence-electron chi connectivity index (χ4n) is 2.57. The van der Waals surface area contributed by atoms with Gasteiger partial charge in [0.2, 0.25) is 0 Å². The van der Waals surface area contributed by atoms with Gasteiger partial charge in [0.15, 0.2) is 0 Å². The molecule has 0 bridgehead atoms. The Bertz CT molecular complexity index is 576. The number of aryl methyl sites for hydroxylation is 4. The lowest BCUT2D eigenvalue weighted by Crippen LogP contribution is -2.11. The molecule has 2 nitrogen and oxygen atoms in total. The molecule has 0 saturated carbocycles. The molecule has 0 fully saturated rings. The summed E-state index contributed by atoms with van der Waals surface area (Å²) in [5.74, 6) is 0. The number of benzene rings is 1. The van der Waals surface area contributed by atoms with Crippen LogP contribution in [0.3, 0.4) is 0 Å². The number of nitrogens with one attached hydrogen (secondary N) is 1. The summed E-state index contributed by atoms with van der Waals surface area (Å²) in [6.07, 6.45) is 0. The number of aromatic nitrogens is 1. The molecular weight excluding hydrogens is 252 g/mol. The number of nitrogens with zero attached hydrogens (tertiary/aromatic N) is 1. The van der Waals surface area contributed by atoms with E-state index in [4.69, 9.17) is 4.98 Å². The molecule has 0 aliphatic heterocycles. The summed E-state index contributed by atoms with van der Waals surface area (Å²) >= 11 is 1.81. The Balaban J connectivity index is 2.54. The maximum absolute atomic E-state index is 4.78. The Hall–Kier alpha value is -1.19. The molecule has 0 amide bonds. The number of hydrogen-bond donors (Lipinski definition) is 1. The Morgan fingerprint density at radius 1 is 1.11 bits per heavy atom. The maximum Gasteiger partial charge on any atom is 0.124 e. The first-order valence-electron chi connectivity index (χ1n) is 6.66. The van der Waals surface area contributed by atoms with Gasteiger partial charge in [0.25, 0.3) is 0 Å². The fraction of sp³-hybridized carbons (Fsp3) is 0.438. The van der Waals surface area contributed by atoms with E-state index in [9.17, 15) is 0 Å². The SMILES string of the molecule is CNC(C)c1sc(-c2c(C)cc(C)cc2C)nc1C. The van der Waals surface area contributed by atoms with Crippen LogP contribution in [0, 0.1) is 27.7 Å². The van der Waals surface area contributed by atoms with E-state index in [1.54, 1.807) is 11.3 Å². The van der Waals surface area contributed by atoms with E-state index < -0.39 is 0 Å². The molecule has 19 heavy (non-hydrogen) atoms. The minimum atomic E-state index is 0.359. The van der Waals surface area contributed by atoms with Crippen molar-refractivity contribution in [3.63, 3.8) is 0 Å². The molecule has 0 aliphatic carbocycles. The summed E-state index contributed by atoms with van der Waals surface area (Å²) in [4.78, 5) is 6.11. The van der Waals surface area contributed by atoms with Gasteiger partial charge < -0.3 is 5.32 Å². The molecule has 1 unspecified atom stereocenters. The number of rotatable bonds is 3. The summed E-state index contributed by atoms with van der Waals surface area (Å²) in [6.45, 7) is 10.8. The quantitative estimate of drug-likeness (QED) is 0.901. The average Bonchev–Trinajstić information content (AvgIpc) is 2.68. The normalized spacial score (nSPS) is 12.7. The zero-order chi connectivity index (χ0) is 14.2. The third kappa shape index (κ3) is 2.72. The summed E-state index contributed by atoms with van der Waals surface area (Å²) in [6, 6.07) is 4.83. The highest BCUT2D eigenvalue weighted by molar-refractivity contribution is 7.15. The van der Waals surface area contributed by atoms with Crippen molar-refractivity contribution in [3.05, 3.63) is 39.4 Å². The van der Waals surface area contributed by atoms with Crippen molar-refractivity contribution < 1.29 is 0 Å². The molecule has 0 aliphatic rings. The van der Waals surface area contributed by atoms with Gasteiger partial charge in [-0.3, -0.25) is 0 Å². The molecule has 1 atom stereocenters. The van der Waals surface area contributed by atoms with Crippen molar-refractivity contribution in [2.24, 2.45) is 0 Å². The van der Waals surface area contributed by atoms with Gasteiger partial charge >= 0.3 is 0 Å². The molecule has 102 valence electrons. The number of hydrogen-bond acceptors (Lipinski definition) is 3. The number of thiazole rings is 1. The smallest absolute Gasteiger partial charge is 0.124 e. The minimum Gasteiger partial charge on any atom is -0.312 e.